The van der Waals surface area contributed by atoms with Crippen molar-refractivity contribution in [1.82, 2.24) is 4.98 Å². The van der Waals surface area contributed by atoms with Gasteiger partial charge in [0.25, 0.3) is 0 Å². The normalized spacial score (nSPS) is 23.4. The standard InChI is InChI=1S/C13H19ClN2S/c1-9-4-6-15-12(14)11(9)16-10-8-17-7-5-13(10,2)3/h4,6,10,16H,5,7-8H2,1-3H3. The first-order chi connectivity index (χ1) is 8.00. The third-order valence-electron chi connectivity index (χ3n) is 3.55. The molecule has 2 nitrogen and oxygen atoms in total. The highest BCUT2D eigenvalue weighted by Gasteiger charge is 2.33. The van der Waals surface area contributed by atoms with Crippen molar-refractivity contribution >= 4 is 29.1 Å². The summed E-state index contributed by atoms with van der Waals surface area (Å²) in [4.78, 5) is 4.15. The average molecular weight is 271 g/mol. The zero-order valence-electron chi connectivity index (χ0n) is 10.6. The second-order valence-electron chi connectivity index (χ2n) is 5.30. The third kappa shape index (κ3) is 2.89. The van der Waals surface area contributed by atoms with Crippen LogP contribution in [0.4, 0.5) is 5.69 Å². The minimum absolute atomic E-state index is 0.316. The molecule has 1 N–H and O–H groups in total. The maximum atomic E-state index is 6.16. The molecule has 1 fully saturated rings. The number of nitrogens with zero attached hydrogens (tertiary/aromatic N) is 1. The fraction of sp³-hybridized carbons (Fsp3) is 0.615. The van der Waals surface area contributed by atoms with Crippen molar-refractivity contribution in [2.45, 2.75) is 33.2 Å². The Bertz CT molecular complexity index is 386. The number of hydrogen-bond acceptors (Lipinski definition) is 3. The van der Waals surface area contributed by atoms with Crippen molar-refractivity contribution in [3.8, 4) is 0 Å². The lowest BCUT2D eigenvalue weighted by molar-refractivity contribution is 0.305. The Morgan fingerprint density at radius 1 is 1.53 bits per heavy atom. The first-order valence-electron chi connectivity index (χ1n) is 5.96. The second-order valence-corrected chi connectivity index (χ2v) is 6.81. The van der Waals surface area contributed by atoms with Gasteiger partial charge in [-0.15, -0.1) is 0 Å². The van der Waals surface area contributed by atoms with E-state index in [0.29, 0.717) is 16.6 Å². The molecule has 0 spiro atoms. The first kappa shape index (κ1) is 13.0. The van der Waals surface area contributed by atoms with E-state index >= 15 is 0 Å². The molecular formula is C13H19ClN2S. The second kappa shape index (κ2) is 5.07. The van der Waals surface area contributed by atoms with Crippen LogP contribution in [0.1, 0.15) is 25.8 Å². The van der Waals surface area contributed by atoms with E-state index in [4.69, 9.17) is 11.6 Å². The number of anilines is 1. The van der Waals surface area contributed by atoms with Crippen LogP contribution in [0.3, 0.4) is 0 Å². The summed E-state index contributed by atoms with van der Waals surface area (Å²) in [5.74, 6) is 2.39. The lowest BCUT2D eigenvalue weighted by atomic mass is 9.82. The molecule has 2 heterocycles. The van der Waals surface area contributed by atoms with Crippen molar-refractivity contribution in [2.75, 3.05) is 16.8 Å². The minimum Gasteiger partial charge on any atom is -0.378 e. The van der Waals surface area contributed by atoms with E-state index in [9.17, 15) is 0 Å². The number of halogens is 1. The molecule has 0 aliphatic carbocycles. The molecule has 0 saturated carbocycles. The molecule has 1 saturated heterocycles. The molecule has 1 aliphatic heterocycles. The molecule has 1 aromatic heterocycles. The van der Waals surface area contributed by atoms with Crippen LogP contribution in [-0.4, -0.2) is 22.5 Å². The maximum Gasteiger partial charge on any atom is 0.152 e. The summed E-state index contributed by atoms with van der Waals surface area (Å²) in [6.45, 7) is 6.72. The molecule has 1 aromatic rings. The molecule has 0 bridgehead atoms. The molecule has 4 heteroatoms. The number of aromatic nitrogens is 1. The number of nitrogens with one attached hydrogen (secondary N) is 1. The predicted molar refractivity (Wildman–Crippen MR) is 77.1 cm³/mol. The van der Waals surface area contributed by atoms with Gasteiger partial charge in [0.15, 0.2) is 5.15 Å². The van der Waals surface area contributed by atoms with Crippen molar-refractivity contribution in [2.24, 2.45) is 5.41 Å². The lowest BCUT2D eigenvalue weighted by Gasteiger charge is -2.39. The molecule has 1 atom stereocenters. The molecule has 0 amide bonds. The van der Waals surface area contributed by atoms with Crippen molar-refractivity contribution in [3.63, 3.8) is 0 Å². The van der Waals surface area contributed by atoms with Gasteiger partial charge in [0.2, 0.25) is 0 Å². The Balaban J connectivity index is 2.20. The molecule has 0 aromatic carbocycles. The van der Waals surface area contributed by atoms with E-state index in [0.717, 1.165) is 17.0 Å². The Morgan fingerprint density at radius 3 is 2.94 bits per heavy atom. The van der Waals surface area contributed by atoms with E-state index in [1.807, 2.05) is 17.8 Å². The van der Waals surface area contributed by atoms with Crippen LogP contribution in [0.15, 0.2) is 12.3 Å². The van der Waals surface area contributed by atoms with E-state index in [2.05, 4.69) is 31.1 Å². The molecule has 2 rings (SSSR count). The summed E-state index contributed by atoms with van der Waals surface area (Å²) >= 11 is 8.17. The van der Waals surface area contributed by atoms with Gasteiger partial charge in [0, 0.05) is 18.0 Å². The zero-order valence-corrected chi connectivity index (χ0v) is 12.2. The van der Waals surface area contributed by atoms with Gasteiger partial charge < -0.3 is 5.32 Å². The largest absolute Gasteiger partial charge is 0.378 e. The van der Waals surface area contributed by atoms with Crippen LogP contribution in [0.2, 0.25) is 5.15 Å². The summed E-state index contributed by atoms with van der Waals surface area (Å²) in [6, 6.07) is 2.46. The van der Waals surface area contributed by atoms with Crippen LogP contribution < -0.4 is 5.32 Å². The summed E-state index contributed by atoms with van der Waals surface area (Å²) < 4.78 is 0. The molecule has 1 unspecified atom stereocenters. The highest BCUT2D eigenvalue weighted by atomic mass is 35.5. The number of pyridine rings is 1. The number of aryl methyl sites for hydroxylation is 1. The fourth-order valence-corrected chi connectivity index (χ4v) is 3.91. The number of rotatable bonds is 2. The van der Waals surface area contributed by atoms with Gasteiger partial charge in [-0.2, -0.15) is 11.8 Å². The van der Waals surface area contributed by atoms with Crippen LogP contribution in [-0.2, 0) is 0 Å². The molecule has 1 aliphatic rings. The van der Waals surface area contributed by atoms with Gasteiger partial charge in [-0.05, 0) is 36.1 Å². The van der Waals surface area contributed by atoms with Crippen molar-refractivity contribution in [1.29, 1.82) is 0 Å². The third-order valence-corrected chi connectivity index (χ3v) is 4.90. The van der Waals surface area contributed by atoms with Crippen LogP contribution in [0.5, 0.6) is 0 Å². The van der Waals surface area contributed by atoms with E-state index in [1.54, 1.807) is 6.20 Å². The quantitative estimate of drug-likeness (QED) is 0.823. The van der Waals surface area contributed by atoms with Gasteiger partial charge in [-0.3, -0.25) is 0 Å². The molecule has 0 radical (unpaired) electrons. The van der Waals surface area contributed by atoms with Crippen LogP contribution in [0, 0.1) is 12.3 Å². The van der Waals surface area contributed by atoms with Gasteiger partial charge in [-0.25, -0.2) is 4.98 Å². The van der Waals surface area contributed by atoms with E-state index in [-0.39, 0.29) is 0 Å². The molecule has 17 heavy (non-hydrogen) atoms. The fourth-order valence-electron chi connectivity index (χ4n) is 2.05. The summed E-state index contributed by atoms with van der Waals surface area (Å²) in [5, 5.41) is 4.17. The highest BCUT2D eigenvalue weighted by molar-refractivity contribution is 7.99. The number of thioether (sulfide) groups is 1. The summed E-state index contributed by atoms with van der Waals surface area (Å²) in [6.07, 6.45) is 3.00. The van der Waals surface area contributed by atoms with E-state index in [1.165, 1.54) is 12.2 Å². The lowest BCUT2D eigenvalue weighted by Crippen LogP contribution is -2.41. The smallest absolute Gasteiger partial charge is 0.152 e. The van der Waals surface area contributed by atoms with Crippen LogP contribution >= 0.6 is 23.4 Å². The maximum absolute atomic E-state index is 6.16. The highest BCUT2D eigenvalue weighted by Crippen LogP contribution is 2.37. The van der Waals surface area contributed by atoms with Gasteiger partial charge in [0.1, 0.15) is 0 Å². The molecular weight excluding hydrogens is 252 g/mol. The number of hydrogen-bond donors (Lipinski definition) is 1. The zero-order chi connectivity index (χ0) is 12.5. The van der Waals surface area contributed by atoms with Gasteiger partial charge in [-0.1, -0.05) is 25.4 Å². The average Bonchev–Trinajstić information content (AvgIpc) is 2.25. The monoisotopic (exact) mass is 270 g/mol. The Hall–Kier alpha value is -0.410. The predicted octanol–water partition coefficient (Wildman–Crippen LogP) is 3.99. The Kier molecular flexibility index (Phi) is 3.88. The Morgan fingerprint density at radius 2 is 2.29 bits per heavy atom. The van der Waals surface area contributed by atoms with E-state index < -0.39 is 0 Å². The summed E-state index contributed by atoms with van der Waals surface area (Å²) in [5.41, 5.74) is 2.47. The van der Waals surface area contributed by atoms with Crippen molar-refractivity contribution < 1.29 is 0 Å². The SMILES string of the molecule is Cc1ccnc(Cl)c1NC1CSCCC1(C)C. The van der Waals surface area contributed by atoms with Crippen molar-refractivity contribution in [3.05, 3.63) is 23.0 Å². The molecule has 94 valence electrons. The Labute approximate surface area is 113 Å². The van der Waals surface area contributed by atoms with Gasteiger partial charge in [0.05, 0.1) is 5.69 Å². The first-order valence-corrected chi connectivity index (χ1v) is 7.49. The summed E-state index contributed by atoms with van der Waals surface area (Å²) in [7, 11) is 0. The topological polar surface area (TPSA) is 24.9 Å². The van der Waals surface area contributed by atoms with Gasteiger partial charge >= 0.3 is 0 Å². The minimum atomic E-state index is 0.316. The van der Waals surface area contributed by atoms with Crippen LogP contribution in [0.25, 0.3) is 0 Å².